The Morgan fingerprint density at radius 3 is 2.09 bits per heavy atom. The minimum Gasteiger partial charge on any atom is -0.497 e. The van der Waals surface area contributed by atoms with Gasteiger partial charge in [-0.25, -0.2) is 0 Å². The predicted molar refractivity (Wildman–Crippen MR) is 94.2 cm³/mol. The molecule has 0 aliphatic rings. The zero-order chi connectivity index (χ0) is 16.5. The zero-order valence-electron chi connectivity index (χ0n) is 13.7. The highest BCUT2D eigenvalue weighted by Crippen LogP contribution is 2.27. The molecule has 0 N–H and O–H groups in total. The van der Waals surface area contributed by atoms with Gasteiger partial charge in [-0.15, -0.1) is 0 Å². The van der Waals surface area contributed by atoms with Gasteiger partial charge in [-0.2, -0.15) is 11.8 Å². The predicted octanol–water partition coefficient (Wildman–Crippen LogP) is 4.02. The molecule has 0 amide bonds. The third-order valence-electron chi connectivity index (χ3n) is 3.30. The molecule has 0 radical (unpaired) electrons. The molecule has 2 rings (SSSR count). The van der Waals surface area contributed by atoms with Crippen molar-refractivity contribution in [2.75, 3.05) is 33.7 Å². The van der Waals surface area contributed by atoms with Crippen LogP contribution in [0.25, 0.3) is 0 Å². The molecule has 124 valence electrons. The third-order valence-corrected chi connectivity index (χ3v) is 4.27. The van der Waals surface area contributed by atoms with E-state index in [4.69, 9.17) is 18.9 Å². The fraction of sp³-hybridized carbons (Fsp3) is 0.333. The summed E-state index contributed by atoms with van der Waals surface area (Å²) >= 11 is 1.80. The van der Waals surface area contributed by atoms with Crippen molar-refractivity contribution < 1.29 is 18.9 Å². The summed E-state index contributed by atoms with van der Waals surface area (Å²) in [7, 11) is 5.00. The fourth-order valence-electron chi connectivity index (χ4n) is 2.07. The van der Waals surface area contributed by atoms with Crippen molar-refractivity contribution in [2.45, 2.75) is 5.75 Å². The molecule has 0 heterocycles. The van der Waals surface area contributed by atoms with Crippen molar-refractivity contribution in [1.82, 2.24) is 0 Å². The first kappa shape index (κ1) is 17.3. The molecule has 2 aromatic carbocycles. The van der Waals surface area contributed by atoms with E-state index >= 15 is 0 Å². The van der Waals surface area contributed by atoms with Gasteiger partial charge in [-0.3, -0.25) is 0 Å². The van der Waals surface area contributed by atoms with Crippen LogP contribution >= 0.6 is 11.8 Å². The van der Waals surface area contributed by atoms with E-state index in [1.807, 2.05) is 42.5 Å². The molecule has 0 atom stereocenters. The molecule has 0 saturated heterocycles. The Morgan fingerprint density at radius 1 is 0.783 bits per heavy atom. The van der Waals surface area contributed by atoms with Gasteiger partial charge in [0.05, 0.1) is 27.9 Å². The maximum absolute atomic E-state index is 5.71. The molecule has 2 aromatic rings. The topological polar surface area (TPSA) is 36.9 Å². The standard InChI is InChI=1S/C18H22O4S/c1-19-15-4-6-16(7-5-15)22-10-11-23-13-14-12-17(20-2)8-9-18(14)21-3/h4-9,12H,10-11,13H2,1-3H3. The Morgan fingerprint density at radius 2 is 1.43 bits per heavy atom. The smallest absolute Gasteiger partial charge is 0.123 e. The second kappa shape index (κ2) is 9.20. The number of hydrogen-bond acceptors (Lipinski definition) is 5. The largest absolute Gasteiger partial charge is 0.497 e. The summed E-state index contributed by atoms with van der Waals surface area (Å²) in [6.07, 6.45) is 0. The van der Waals surface area contributed by atoms with Gasteiger partial charge in [0, 0.05) is 17.1 Å². The summed E-state index contributed by atoms with van der Waals surface area (Å²) in [6, 6.07) is 13.5. The molecular weight excluding hydrogens is 312 g/mol. The highest BCUT2D eigenvalue weighted by Gasteiger charge is 2.05. The highest BCUT2D eigenvalue weighted by atomic mass is 32.2. The summed E-state index contributed by atoms with van der Waals surface area (Å²) in [6.45, 7) is 0.656. The molecule has 0 unspecified atom stereocenters. The zero-order valence-corrected chi connectivity index (χ0v) is 14.5. The first-order valence-corrected chi connectivity index (χ1v) is 8.47. The van der Waals surface area contributed by atoms with Crippen LogP contribution in [0.15, 0.2) is 42.5 Å². The van der Waals surface area contributed by atoms with Crippen molar-refractivity contribution in [3.05, 3.63) is 48.0 Å². The Bertz CT molecular complexity index is 598. The van der Waals surface area contributed by atoms with E-state index in [0.29, 0.717) is 6.61 Å². The second-order valence-electron chi connectivity index (χ2n) is 4.75. The van der Waals surface area contributed by atoms with E-state index in [2.05, 4.69) is 0 Å². The van der Waals surface area contributed by atoms with Crippen LogP contribution in [-0.4, -0.2) is 33.7 Å². The minimum absolute atomic E-state index is 0.656. The maximum atomic E-state index is 5.71. The van der Waals surface area contributed by atoms with Gasteiger partial charge in [-0.1, -0.05) is 0 Å². The van der Waals surface area contributed by atoms with Crippen LogP contribution in [0.4, 0.5) is 0 Å². The van der Waals surface area contributed by atoms with Crippen molar-refractivity contribution in [2.24, 2.45) is 0 Å². The number of thioether (sulfide) groups is 1. The van der Waals surface area contributed by atoms with Crippen LogP contribution in [0.5, 0.6) is 23.0 Å². The lowest BCUT2D eigenvalue weighted by molar-refractivity contribution is 0.342. The molecular formula is C18H22O4S. The molecule has 0 fully saturated rings. The van der Waals surface area contributed by atoms with Gasteiger partial charge >= 0.3 is 0 Å². The Kier molecular flexibility index (Phi) is 6.94. The van der Waals surface area contributed by atoms with Gasteiger partial charge in [0.1, 0.15) is 23.0 Å². The summed E-state index contributed by atoms with van der Waals surface area (Å²) in [4.78, 5) is 0. The first-order chi connectivity index (χ1) is 11.3. The molecule has 23 heavy (non-hydrogen) atoms. The van der Waals surface area contributed by atoms with Gasteiger partial charge in [0.25, 0.3) is 0 Å². The molecule has 0 aliphatic heterocycles. The van der Waals surface area contributed by atoms with Crippen molar-refractivity contribution >= 4 is 11.8 Å². The molecule has 0 aliphatic carbocycles. The van der Waals surface area contributed by atoms with Crippen LogP contribution in [0.2, 0.25) is 0 Å². The second-order valence-corrected chi connectivity index (χ2v) is 5.86. The third kappa shape index (κ3) is 5.28. The molecule has 5 heteroatoms. The fourth-order valence-corrected chi connectivity index (χ4v) is 2.86. The van der Waals surface area contributed by atoms with Crippen molar-refractivity contribution in [3.8, 4) is 23.0 Å². The van der Waals surface area contributed by atoms with Gasteiger partial charge < -0.3 is 18.9 Å². The number of benzene rings is 2. The van der Waals surface area contributed by atoms with Crippen LogP contribution in [-0.2, 0) is 5.75 Å². The normalized spacial score (nSPS) is 10.2. The monoisotopic (exact) mass is 334 g/mol. The quantitative estimate of drug-likeness (QED) is 0.647. The Hall–Kier alpha value is -2.01. The van der Waals surface area contributed by atoms with Crippen molar-refractivity contribution in [1.29, 1.82) is 0 Å². The number of methoxy groups -OCH3 is 3. The lowest BCUT2D eigenvalue weighted by Gasteiger charge is -2.11. The summed E-state index contributed by atoms with van der Waals surface area (Å²) in [5.41, 5.74) is 1.13. The molecule has 4 nitrogen and oxygen atoms in total. The van der Waals surface area contributed by atoms with Crippen LogP contribution in [0.3, 0.4) is 0 Å². The average Bonchev–Trinajstić information content (AvgIpc) is 2.61. The lowest BCUT2D eigenvalue weighted by atomic mass is 10.2. The van der Waals surface area contributed by atoms with Crippen LogP contribution in [0, 0.1) is 0 Å². The SMILES string of the molecule is COc1ccc(OCCSCc2cc(OC)ccc2OC)cc1. The Balaban J connectivity index is 1.76. The van der Waals surface area contributed by atoms with Gasteiger partial charge in [-0.05, 0) is 42.5 Å². The van der Waals surface area contributed by atoms with E-state index in [-0.39, 0.29) is 0 Å². The van der Waals surface area contributed by atoms with Crippen LogP contribution < -0.4 is 18.9 Å². The lowest BCUT2D eigenvalue weighted by Crippen LogP contribution is -2.01. The summed E-state index contributed by atoms with van der Waals surface area (Å²) in [5, 5.41) is 0. The molecule has 0 spiro atoms. The van der Waals surface area contributed by atoms with E-state index in [1.54, 1.807) is 33.1 Å². The summed E-state index contributed by atoms with van der Waals surface area (Å²) in [5.74, 6) is 5.16. The van der Waals surface area contributed by atoms with E-state index in [9.17, 15) is 0 Å². The average molecular weight is 334 g/mol. The molecule has 0 saturated carbocycles. The number of ether oxygens (including phenoxy) is 4. The highest BCUT2D eigenvalue weighted by molar-refractivity contribution is 7.98. The number of hydrogen-bond donors (Lipinski definition) is 0. The van der Waals surface area contributed by atoms with Crippen molar-refractivity contribution in [3.63, 3.8) is 0 Å². The Labute approximate surface area is 141 Å². The first-order valence-electron chi connectivity index (χ1n) is 7.32. The van der Waals surface area contributed by atoms with Gasteiger partial charge in [0.15, 0.2) is 0 Å². The molecule has 0 aromatic heterocycles. The maximum Gasteiger partial charge on any atom is 0.123 e. The minimum atomic E-state index is 0.656. The van der Waals surface area contributed by atoms with E-state index in [1.165, 1.54) is 0 Å². The molecule has 0 bridgehead atoms. The summed E-state index contributed by atoms with van der Waals surface area (Å²) < 4.78 is 21.5. The van der Waals surface area contributed by atoms with E-state index < -0.39 is 0 Å². The van der Waals surface area contributed by atoms with E-state index in [0.717, 1.165) is 40.1 Å². The van der Waals surface area contributed by atoms with Crippen LogP contribution in [0.1, 0.15) is 5.56 Å². The number of rotatable bonds is 9. The van der Waals surface area contributed by atoms with Gasteiger partial charge in [0.2, 0.25) is 0 Å².